The smallest absolute Gasteiger partial charge is 0.0647 e. The minimum Gasteiger partial charge on any atom is -0.394 e. The molecule has 16 heavy (non-hydrogen) atoms. The van der Waals surface area contributed by atoms with E-state index in [9.17, 15) is 5.11 Å². The third kappa shape index (κ3) is 1.86. The van der Waals surface area contributed by atoms with Gasteiger partial charge in [0.1, 0.15) is 0 Å². The Labute approximate surface area is 96.3 Å². The van der Waals surface area contributed by atoms with E-state index < -0.39 is 0 Å². The van der Waals surface area contributed by atoms with Crippen LogP contribution in [0.2, 0.25) is 0 Å². The van der Waals surface area contributed by atoms with Gasteiger partial charge in [-0.1, -0.05) is 12.1 Å². The molecule has 2 rings (SSSR count). The number of likely N-dealkylation sites (N-methyl/N-ethyl adjacent to an activating group) is 1. The van der Waals surface area contributed by atoms with E-state index in [1.165, 1.54) is 11.4 Å². The third-order valence-electron chi connectivity index (χ3n) is 3.20. The fraction of sp³-hybridized carbons (Fsp3) is 0.500. The van der Waals surface area contributed by atoms with Gasteiger partial charge in [-0.2, -0.15) is 0 Å². The molecule has 1 aliphatic rings. The molecule has 4 heteroatoms. The van der Waals surface area contributed by atoms with Crippen molar-refractivity contribution >= 4 is 11.4 Å². The molecule has 0 aromatic heterocycles. The largest absolute Gasteiger partial charge is 0.394 e. The van der Waals surface area contributed by atoms with Gasteiger partial charge in [0.2, 0.25) is 0 Å². The van der Waals surface area contributed by atoms with E-state index in [0.717, 1.165) is 13.1 Å². The lowest BCUT2D eigenvalue weighted by Gasteiger charge is -2.40. The maximum absolute atomic E-state index is 9.33. The number of fused-ring (bicyclic) bond motifs is 1. The predicted molar refractivity (Wildman–Crippen MR) is 67.0 cm³/mol. The second-order valence-corrected chi connectivity index (χ2v) is 4.18. The lowest BCUT2D eigenvalue weighted by atomic mass is 10.1. The highest BCUT2D eigenvalue weighted by Gasteiger charge is 2.24. The number of aliphatic hydroxyl groups excluding tert-OH is 1. The minimum absolute atomic E-state index is 0.0230. The second-order valence-electron chi connectivity index (χ2n) is 4.18. The number of nitrogens with two attached hydrogens (primary N) is 1. The molecule has 0 saturated carbocycles. The molecule has 0 fully saturated rings. The van der Waals surface area contributed by atoms with Crippen LogP contribution in [-0.4, -0.2) is 44.4 Å². The molecule has 1 aromatic rings. The molecule has 1 atom stereocenters. The number of nitrogens with zero attached hydrogens (tertiary/aromatic N) is 2. The van der Waals surface area contributed by atoms with Gasteiger partial charge >= 0.3 is 0 Å². The van der Waals surface area contributed by atoms with Crippen molar-refractivity contribution in [1.29, 1.82) is 0 Å². The summed E-state index contributed by atoms with van der Waals surface area (Å²) in [4.78, 5) is 4.44. The van der Waals surface area contributed by atoms with Crippen LogP contribution < -0.4 is 15.5 Å². The van der Waals surface area contributed by atoms with Gasteiger partial charge in [0.25, 0.3) is 0 Å². The molecule has 4 nitrogen and oxygen atoms in total. The van der Waals surface area contributed by atoms with Crippen molar-refractivity contribution in [2.24, 2.45) is 5.73 Å². The van der Waals surface area contributed by atoms with Crippen molar-refractivity contribution in [3.63, 3.8) is 0 Å². The molecule has 1 unspecified atom stereocenters. The van der Waals surface area contributed by atoms with Gasteiger partial charge in [0.15, 0.2) is 0 Å². The first-order valence-corrected chi connectivity index (χ1v) is 5.65. The average Bonchev–Trinajstić information content (AvgIpc) is 2.34. The molecule has 0 saturated heterocycles. The first-order valence-electron chi connectivity index (χ1n) is 5.65. The SMILES string of the molecule is CN1CCN(C(CN)CO)c2ccccc21. The lowest BCUT2D eigenvalue weighted by molar-refractivity contribution is 0.261. The van der Waals surface area contributed by atoms with E-state index in [2.05, 4.69) is 29.0 Å². The van der Waals surface area contributed by atoms with Crippen LogP contribution in [0.25, 0.3) is 0 Å². The average molecular weight is 221 g/mol. The molecule has 1 aromatic carbocycles. The van der Waals surface area contributed by atoms with E-state index >= 15 is 0 Å². The van der Waals surface area contributed by atoms with E-state index in [0.29, 0.717) is 6.54 Å². The van der Waals surface area contributed by atoms with Crippen molar-refractivity contribution < 1.29 is 5.11 Å². The van der Waals surface area contributed by atoms with Crippen LogP contribution >= 0.6 is 0 Å². The van der Waals surface area contributed by atoms with Crippen LogP contribution in [0, 0.1) is 0 Å². The van der Waals surface area contributed by atoms with E-state index in [-0.39, 0.29) is 12.6 Å². The molecule has 1 heterocycles. The highest BCUT2D eigenvalue weighted by atomic mass is 16.3. The van der Waals surface area contributed by atoms with Crippen LogP contribution in [-0.2, 0) is 0 Å². The Morgan fingerprint density at radius 2 is 2.00 bits per heavy atom. The monoisotopic (exact) mass is 221 g/mol. The summed E-state index contributed by atoms with van der Waals surface area (Å²) in [6.07, 6.45) is 0. The summed E-state index contributed by atoms with van der Waals surface area (Å²) in [6, 6.07) is 8.27. The number of aliphatic hydroxyl groups is 1. The quantitative estimate of drug-likeness (QED) is 0.769. The van der Waals surface area contributed by atoms with Crippen molar-refractivity contribution in [2.75, 3.05) is 43.1 Å². The number of para-hydroxylation sites is 2. The summed E-state index contributed by atoms with van der Waals surface area (Å²) in [5.41, 5.74) is 8.07. The fourth-order valence-electron chi connectivity index (χ4n) is 2.21. The summed E-state index contributed by atoms with van der Waals surface area (Å²) < 4.78 is 0. The van der Waals surface area contributed by atoms with Gasteiger partial charge in [-0.15, -0.1) is 0 Å². The number of hydrogen-bond acceptors (Lipinski definition) is 4. The molecule has 0 spiro atoms. The molecule has 0 amide bonds. The topological polar surface area (TPSA) is 52.7 Å². The molecular formula is C12H19N3O. The molecule has 0 bridgehead atoms. The zero-order valence-electron chi connectivity index (χ0n) is 9.63. The van der Waals surface area contributed by atoms with Gasteiger partial charge in [0.05, 0.1) is 24.0 Å². The van der Waals surface area contributed by atoms with Crippen LogP contribution in [0.5, 0.6) is 0 Å². The molecule has 3 N–H and O–H groups in total. The summed E-state index contributed by atoms with van der Waals surface area (Å²) >= 11 is 0. The second kappa shape index (κ2) is 4.72. The Bertz CT molecular complexity index is 352. The van der Waals surface area contributed by atoms with Gasteiger partial charge in [-0.05, 0) is 12.1 Å². The van der Waals surface area contributed by atoms with E-state index in [1.807, 2.05) is 12.1 Å². The van der Waals surface area contributed by atoms with Gasteiger partial charge in [-0.25, -0.2) is 0 Å². The molecule has 1 aliphatic heterocycles. The first kappa shape index (κ1) is 11.2. The van der Waals surface area contributed by atoms with Gasteiger partial charge in [-0.3, -0.25) is 0 Å². The van der Waals surface area contributed by atoms with Crippen molar-refractivity contribution in [2.45, 2.75) is 6.04 Å². The standard InChI is InChI=1S/C12H19N3O/c1-14-6-7-15(10(8-13)9-16)12-5-3-2-4-11(12)14/h2-5,10,16H,6-9,13H2,1H3. The molecular weight excluding hydrogens is 202 g/mol. The fourth-order valence-corrected chi connectivity index (χ4v) is 2.21. The summed E-state index contributed by atoms with van der Waals surface area (Å²) in [5, 5.41) is 9.33. The third-order valence-corrected chi connectivity index (χ3v) is 3.20. The number of anilines is 2. The van der Waals surface area contributed by atoms with Crippen molar-refractivity contribution in [3.8, 4) is 0 Å². The van der Waals surface area contributed by atoms with Gasteiger partial charge in [0, 0.05) is 26.7 Å². The Morgan fingerprint density at radius 3 is 2.62 bits per heavy atom. The summed E-state index contributed by atoms with van der Waals surface area (Å²) in [7, 11) is 2.09. The zero-order valence-corrected chi connectivity index (χ0v) is 9.63. The Balaban J connectivity index is 2.34. The van der Waals surface area contributed by atoms with Crippen molar-refractivity contribution in [1.82, 2.24) is 0 Å². The maximum Gasteiger partial charge on any atom is 0.0647 e. The van der Waals surface area contributed by atoms with Crippen LogP contribution in [0.1, 0.15) is 0 Å². The minimum atomic E-state index is 0.0230. The predicted octanol–water partition coefficient (Wildman–Crippen LogP) is 0.262. The summed E-state index contributed by atoms with van der Waals surface area (Å²) in [6.45, 7) is 2.46. The Morgan fingerprint density at radius 1 is 1.31 bits per heavy atom. The molecule has 0 aliphatic carbocycles. The van der Waals surface area contributed by atoms with E-state index in [4.69, 9.17) is 5.73 Å². The summed E-state index contributed by atoms with van der Waals surface area (Å²) in [5.74, 6) is 0. The Kier molecular flexibility index (Phi) is 3.31. The number of hydrogen-bond donors (Lipinski definition) is 2. The maximum atomic E-state index is 9.33. The first-order chi connectivity index (χ1) is 7.77. The highest BCUT2D eigenvalue weighted by Crippen LogP contribution is 2.32. The van der Waals surface area contributed by atoms with E-state index in [1.54, 1.807) is 0 Å². The van der Waals surface area contributed by atoms with Crippen molar-refractivity contribution in [3.05, 3.63) is 24.3 Å². The highest BCUT2D eigenvalue weighted by molar-refractivity contribution is 5.73. The molecule has 0 radical (unpaired) electrons. The van der Waals surface area contributed by atoms with Gasteiger partial charge < -0.3 is 20.6 Å². The zero-order chi connectivity index (χ0) is 11.5. The van der Waals surface area contributed by atoms with Crippen LogP contribution in [0.15, 0.2) is 24.3 Å². The van der Waals surface area contributed by atoms with Crippen LogP contribution in [0.4, 0.5) is 11.4 Å². The number of benzene rings is 1. The Hall–Kier alpha value is -1.26. The lowest BCUT2D eigenvalue weighted by Crippen LogP contribution is -2.49. The number of rotatable bonds is 3. The normalized spacial score (nSPS) is 17.2. The molecule has 88 valence electrons. The van der Waals surface area contributed by atoms with Crippen LogP contribution in [0.3, 0.4) is 0 Å².